The number of hydrogen-bond donors (Lipinski definition) is 0. The molecule has 0 spiro atoms. The molecule has 0 N–H and O–H groups in total. The molecule has 0 unspecified atom stereocenters. The normalized spacial score (nSPS) is 11.7. The lowest BCUT2D eigenvalue weighted by molar-refractivity contribution is -0.267. The topological polar surface area (TPSA) is 11.3 Å². The molecule has 0 aliphatic carbocycles. The van der Waals surface area contributed by atoms with Crippen LogP contribution in [0.25, 0.3) is 0 Å². The third-order valence-corrected chi connectivity index (χ3v) is 2.05. The van der Waals surface area contributed by atoms with E-state index in [1.165, 1.54) is 0 Å². The molecule has 0 amide bonds. The first kappa shape index (κ1) is 10.3. The summed E-state index contributed by atoms with van der Waals surface area (Å²) in [6, 6.07) is 9.73. The summed E-state index contributed by atoms with van der Waals surface area (Å²) in [6.07, 6.45) is 2.17. The first-order valence-electron chi connectivity index (χ1n) is 4.55. The van der Waals surface area contributed by atoms with Crippen LogP contribution < -0.4 is 0 Å². The van der Waals surface area contributed by atoms with E-state index >= 15 is 0 Å². The van der Waals surface area contributed by atoms with Gasteiger partial charge in [-0.1, -0.05) is 25.1 Å². The van der Waals surface area contributed by atoms with E-state index in [9.17, 15) is 0 Å². The van der Waals surface area contributed by atoms with Gasteiger partial charge in [0.25, 0.3) is 6.61 Å². The van der Waals surface area contributed by atoms with E-state index in [-0.39, 0.29) is 0 Å². The molecule has 0 bridgehead atoms. The minimum atomic E-state index is 0.494. The molecule has 0 radical (unpaired) electrons. The molecular formula is C11H14ClO+. The van der Waals surface area contributed by atoms with Crippen LogP contribution in [0.2, 0.25) is 0 Å². The van der Waals surface area contributed by atoms with Crippen molar-refractivity contribution in [3.8, 4) is 0 Å². The molecule has 13 heavy (non-hydrogen) atoms. The minimum absolute atomic E-state index is 0.494. The smallest absolute Gasteiger partial charge is 0.242 e. The number of rotatable bonds is 4. The van der Waals surface area contributed by atoms with Crippen molar-refractivity contribution in [3.05, 3.63) is 35.9 Å². The molecular weight excluding hydrogens is 184 g/mol. The van der Waals surface area contributed by atoms with E-state index in [1.54, 1.807) is 0 Å². The van der Waals surface area contributed by atoms with Gasteiger partial charge in [0, 0.05) is 18.0 Å². The van der Waals surface area contributed by atoms with Crippen molar-refractivity contribution >= 4 is 16.8 Å². The summed E-state index contributed by atoms with van der Waals surface area (Å²) in [6.45, 7) is 2.82. The Bertz CT molecular complexity index is 267. The Labute approximate surface area is 84.0 Å². The Balaban J connectivity index is 2.57. The molecule has 0 fully saturated rings. The SMILES string of the molecule is CCCC[O+]=C(Cl)c1ccccc1. The van der Waals surface area contributed by atoms with Crippen LogP contribution in [0.15, 0.2) is 30.3 Å². The lowest BCUT2D eigenvalue weighted by Crippen LogP contribution is -1.93. The van der Waals surface area contributed by atoms with E-state index < -0.39 is 0 Å². The molecule has 0 heterocycles. The highest BCUT2D eigenvalue weighted by Gasteiger charge is 2.09. The zero-order chi connectivity index (χ0) is 9.52. The first-order valence-corrected chi connectivity index (χ1v) is 4.93. The van der Waals surface area contributed by atoms with Crippen molar-refractivity contribution < 1.29 is 4.42 Å². The molecule has 0 atom stereocenters. The van der Waals surface area contributed by atoms with Crippen molar-refractivity contribution in [2.24, 2.45) is 0 Å². The van der Waals surface area contributed by atoms with Crippen molar-refractivity contribution in [3.63, 3.8) is 0 Å². The van der Waals surface area contributed by atoms with Gasteiger partial charge in [0.15, 0.2) is 0 Å². The average molecular weight is 198 g/mol. The largest absolute Gasteiger partial charge is 0.421 e. The van der Waals surface area contributed by atoms with Crippen LogP contribution in [-0.2, 0) is 0 Å². The zero-order valence-corrected chi connectivity index (χ0v) is 8.55. The Morgan fingerprint density at radius 1 is 1.31 bits per heavy atom. The average Bonchev–Trinajstić information content (AvgIpc) is 2.19. The second kappa shape index (κ2) is 5.76. The van der Waals surface area contributed by atoms with Crippen LogP contribution in [0.1, 0.15) is 29.8 Å². The van der Waals surface area contributed by atoms with Gasteiger partial charge in [-0.05, 0) is 18.6 Å². The summed E-state index contributed by atoms with van der Waals surface area (Å²) in [4.78, 5) is 0. The zero-order valence-electron chi connectivity index (χ0n) is 7.79. The van der Waals surface area contributed by atoms with Crippen LogP contribution in [0.4, 0.5) is 0 Å². The van der Waals surface area contributed by atoms with Gasteiger partial charge in [0.1, 0.15) is 0 Å². The van der Waals surface area contributed by atoms with Crippen LogP contribution >= 0.6 is 11.6 Å². The highest BCUT2D eigenvalue weighted by molar-refractivity contribution is 6.67. The van der Waals surface area contributed by atoms with Gasteiger partial charge in [-0.2, -0.15) is 0 Å². The predicted molar refractivity (Wildman–Crippen MR) is 56.4 cm³/mol. The third kappa shape index (κ3) is 3.60. The van der Waals surface area contributed by atoms with Gasteiger partial charge >= 0.3 is 5.24 Å². The summed E-state index contributed by atoms with van der Waals surface area (Å²) in [5, 5.41) is 0.494. The van der Waals surface area contributed by atoms with Crippen LogP contribution in [0, 0.1) is 0 Å². The Morgan fingerprint density at radius 2 is 2.00 bits per heavy atom. The fourth-order valence-corrected chi connectivity index (χ4v) is 1.16. The molecule has 0 aromatic heterocycles. The molecule has 1 aromatic carbocycles. The highest BCUT2D eigenvalue weighted by Crippen LogP contribution is 2.04. The fraction of sp³-hybridized carbons (Fsp3) is 0.364. The maximum Gasteiger partial charge on any atom is 0.421 e. The molecule has 1 nitrogen and oxygen atoms in total. The van der Waals surface area contributed by atoms with E-state index in [4.69, 9.17) is 16.0 Å². The Morgan fingerprint density at radius 3 is 2.62 bits per heavy atom. The first-order chi connectivity index (χ1) is 6.34. The number of unbranched alkanes of at least 4 members (excludes halogenated alkanes) is 1. The molecule has 0 saturated heterocycles. The molecule has 70 valence electrons. The molecule has 1 rings (SSSR count). The molecule has 0 aliphatic rings. The van der Waals surface area contributed by atoms with Crippen LogP contribution in [-0.4, -0.2) is 11.8 Å². The van der Waals surface area contributed by atoms with Gasteiger partial charge < -0.3 is 0 Å². The predicted octanol–water partition coefficient (Wildman–Crippen LogP) is 3.40. The second-order valence-electron chi connectivity index (χ2n) is 2.84. The van der Waals surface area contributed by atoms with Gasteiger partial charge in [-0.3, -0.25) is 0 Å². The maximum atomic E-state index is 5.94. The summed E-state index contributed by atoms with van der Waals surface area (Å²) in [5.74, 6) is 0. The molecule has 0 saturated carbocycles. The molecule has 1 aromatic rings. The van der Waals surface area contributed by atoms with Gasteiger partial charge in [-0.15, -0.1) is 0 Å². The summed E-state index contributed by atoms with van der Waals surface area (Å²) in [7, 11) is 0. The Kier molecular flexibility index (Phi) is 4.55. The number of hydrogen-bond acceptors (Lipinski definition) is 0. The fourth-order valence-electron chi connectivity index (χ4n) is 0.959. The summed E-state index contributed by atoms with van der Waals surface area (Å²) in [5.41, 5.74) is 0.945. The van der Waals surface area contributed by atoms with Crippen molar-refractivity contribution in [1.82, 2.24) is 0 Å². The monoisotopic (exact) mass is 197 g/mol. The highest BCUT2D eigenvalue weighted by atomic mass is 35.5. The van der Waals surface area contributed by atoms with Gasteiger partial charge in [0.2, 0.25) is 0 Å². The maximum absolute atomic E-state index is 5.94. The van der Waals surface area contributed by atoms with Crippen LogP contribution in [0.3, 0.4) is 0 Å². The second-order valence-corrected chi connectivity index (χ2v) is 3.19. The van der Waals surface area contributed by atoms with E-state index in [2.05, 4.69) is 6.92 Å². The standard InChI is InChI=1S/C11H14ClO/c1-2-3-9-13-11(12)10-7-5-4-6-8-10/h4-8H,2-3,9H2,1H3/q+1. The van der Waals surface area contributed by atoms with Gasteiger partial charge in [-0.25, -0.2) is 4.42 Å². The van der Waals surface area contributed by atoms with Crippen molar-refractivity contribution in [1.29, 1.82) is 0 Å². The third-order valence-electron chi connectivity index (χ3n) is 1.73. The molecule has 0 aliphatic heterocycles. The Hall–Kier alpha value is -0.820. The molecule has 2 heteroatoms. The number of halogens is 1. The van der Waals surface area contributed by atoms with E-state index in [1.807, 2.05) is 30.3 Å². The lowest BCUT2D eigenvalue weighted by atomic mass is 10.2. The van der Waals surface area contributed by atoms with Crippen molar-refractivity contribution in [2.45, 2.75) is 19.8 Å². The minimum Gasteiger partial charge on any atom is -0.242 e. The number of benzene rings is 1. The lowest BCUT2D eigenvalue weighted by Gasteiger charge is -1.87. The van der Waals surface area contributed by atoms with Crippen LogP contribution in [0.5, 0.6) is 0 Å². The van der Waals surface area contributed by atoms with Crippen molar-refractivity contribution in [2.75, 3.05) is 6.61 Å². The summed E-state index contributed by atoms with van der Waals surface area (Å²) < 4.78 is 5.35. The van der Waals surface area contributed by atoms with E-state index in [0.29, 0.717) is 11.8 Å². The van der Waals surface area contributed by atoms with E-state index in [0.717, 1.165) is 18.4 Å². The number of carbonyl (C=O) groups excluding carboxylic acids is 1. The summed E-state index contributed by atoms with van der Waals surface area (Å²) >= 11 is 5.94. The quantitative estimate of drug-likeness (QED) is 0.398. The van der Waals surface area contributed by atoms with Gasteiger partial charge in [0.05, 0.1) is 5.56 Å².